The van der Waals surface area contributed by atoms with E-state index >= 15 is 0 Å². The van der Waals surface area contributed by atoms with E-state index in [0.717, 1.165) is 10.6 Å². The van der Waals surface area contributed by atoms with Crippen molar-refractivity contribution >= 4 is 28.2 Å². The zero-order valence-corrected chi connectivity index (χ0v) is 13.3. The van der Waals surface area contributed by atoms with E-state index in [1.54, 1.807) is 11.8 Å². The normalized spacial score (nSPS) is 14.0. The van der Waals surface area contributed by atoms with Gasteiger partial charge in [0.1, 0.15) is 0 Å². The highest BCUT2D eigenvalue weighted by molar-refractivity contribution is 7.99. The minimum Gasteiger partial charge on any atom is -0.398 e. The second kappa shape index (κ2) is 5.69. The fraction of sp³-hybridized carbons (Fsp3) is 0.200. The third-order valence-corrected chi connectivity index (χ3v) is 5.49. The van der Waals surface area contributed by atoms with Crippen LogP contribution in [0.4, 0.5) is 5.69 Å². The van der Waals surface area contributed by atoms with Crippen molar-refractivity contribution in [2.45, 2.75) is 35.5 Å². The van der Waals surface area contributed by atoms with Gasteiger partial charge in [-0.3, -0.25) is 0 Å². The first-order chi connectivity index (χ1) is 10.8. The fourth-order valence-electron chi connectivity index (χ4n) is 3.23. The summed E-state index contributed by atoms with van der Waals surface area (Å²) in [6, 6.07) is 19.6. The van der Waals surface area contributed by atoms with E-state index < -0.39 is 0 Å². The lowest BCUT2D eigenvalue weighted by Gasteiger charge is -2.16. The summed E-state index contributed by atoms with van der Waals surface area (Å²) in [5, 5.41) is 2.45. The van der Waals surface area contributed by atoms with Crippen molar-refractivity contribution in [3.05, 3.63) is 65.7 Å². The van der Waals surface area contributed by atoms with Crippen LogP contribution in [0.3, 0.4) is 0 Å². The monoisotopic (exact) mass is 305 g/mol. The van der Waals surface area contributed by atoms with E-state index in [1.807, 2.05) is 0 Å². The maximum Gasteiger partial charge on any atom is 0.0462 e. The summed E-state index contributed by atoms with van der Waals surface area (Å²) in [7, 11) is 0. The first kappa shape index (κ1) is 13.7. The van der Waals surface area contributed by atoms with Crippen LogP contribution in [-0.2, 0) is 12.8 Å². The Kier molecular flexibility index (Phi) is 3.55. The van der Waals surface area contributed by atoms with E-state index in [0.29, 0.717) is 0 Å². The number of aryl methyl sites for hydroxylation is 2. The maximum absolute atomic E-state index is 6.25. The number of anilines is 1. The molecule has 0 aliphatic heterocycles. The summed E-state index contributed by atoms with van der Waals surface area (Å²) in [4.78, 5) is 2.44. The second-order valence-corrected chi connectivity index (χ2v) is 7.09. The van der Waals surface area contributed by atoms with Gasteiger partial charge in [-0.25, -0.2) is 0 Å². The van der Waals surface area contributed by atoms with Gasteiger partial charge in [0.05, 0.1) is 0 Å². The average molecular weight is 305 g/mol. The molecule has 4 rings (SSSR count). The molecule has 0 heterocycles. The molecule has 0 saturated heterocycles. The van der Waals surface area contributed by atoms with Gasteiger partial charge in [0.15, 0.2) is 0 Å². The minimum absolute atomic E-state index is 0.862. The largest absolute Gasteiger partial charge is 0.398 e. The molecule has 0 aromatic heterocycles. The first-order valence-corrected chi connectivity index (χ1v) is 8.69. The molecule has 0 amide bonds. The zero-order chi connectivity index (χ0) is 14.9. The van der Waals surface area contributed by atoms with Gasteiger partial charge >= 0.3 is 0 Å². The van der Waals surface area contributed by atoms with Crippen molar-refractivity contribution in [1.82, 2.24) is 0 Å². The zero-order valence-electron chi connectivity index (χ0n) is 12.5. The number of fused-ring (bicyclic) bond motifs is 2. The van der Waals surface area contributed by atoms with Crippen LogP contribution in [0.25, 0.3) is 10.8 Å². The standard InChI is InChI=1S/C20H19NS/c21-19-12-16-7-3-4-8-17(16)13-20(19)22-18-10-9-14-5-1-2-6-15(14)11-18/h3-4,7-13H,1-2,5-6,21H2. The molecule has 0 saturated carbocycles. The van der Waals surface area contributed by atoms with Crippen LogP contribution in [0.15, 0.2) is 64.4 Å². The molecule has 2 N–H and O–H groups in total. The van der Waals surface area contributed by atoms with E-state index in [2.05, 4.69) is 54.6 Å². The van der Waals surface area contributed by atoms with E-state index in [9.17, 15) is 0 Å². The fourth-order valence-corrected chi connectivity index (χ4v) is 4.18. The summed E-state index contributed by atoms with van der Waals surface area (Å²) in [6.07, 6.45) is 5.10. The molecule has 0 spiro atoms. The molecule has 3 aromatic carbocycles. The Bertz CT molecular complexity index is 838. The minimum atomic E-state index is 0.862. The molecular formula is C20H19NS. The van der Waals surface area contributed by atoms with Gasteiger partial charge < -0.3 is 5.73 Å². The number of benzene rings is 3. The van der Waals surface area contributed by atoms with Crippen molar-refractivity contribution in [3.8, 4) is 0 Å². The summed E-state index contributed by atoms with van der Waals surface area (Å²) in [6.45, 7) is 0. The third kappa shape index (κ3) is 2.59. The highest BCUT2D eigenvalue weighted by Crippen LogP contribution is 2.36. The average Bonchev–Trinajstić information content (AvgIpc) is 2.55. The van der Waals surface area contributed by atoms with Gasteiger partial charge in [-0.15, -0.1) is 0 Å². The van der Waals surface area contributed by atoms with E-state index in [4.69, 9.17) is 5.73 Å². The van der Waals surface area contributed by atoms with Crippen molar-refractivity contribution in [3.63, 3.8) is 0 Å². The van der Waals surface area contributed by atoms with Gasteiger partial charge in [-0.1, -0.05) is 42.1 Å². The maximum atomic E-state index is 6.25. The van der Waals surface area contributed by atoms with Crippen molar-refractivity contribution in [2.24, 2.45) is 0 Å². The summed E-state index contributed by atoms with van der Waals surface area (Å²) >= 11 is 1.78. The molecule has 0 bridgehead atoms. The van der Waals surface area contributed by atoms with Crippen LogP contribution in [0, 0.1) is 0 Å². The molecule has 1 aliphatic carbocycles. The second-order valence-electron chi connectivity index (χ2n) is 5.98. The van der Waals surface area contributed by atoms with Crippen molar-refractivity contribution in [1.29, 1.82) is 0 Å². The molecule has 110 valence electrons. The molecule has 1 aliphatic rings. The number of hydrogen-bond donors (Lipinski definition) is 1. The van der Waals surface area contributed by atoms with Crippen LogP contribution < -0.4 is 5.73 Å². The van der Waals surface area contributed by atoms with E-state index in [1.165, 1.54) is 52.5 Å². The first-order valence-electron chi connectivity index (χ1n) is 7.87. The molecule has 2 heteroatoms. The quantitative estimate of drug-likeness (QED) is 0.637. The highest BCUT2D eigenvalue weighted by Gasteiger charge is 2.11. The van der Waals surface area contributed by atoms with Gasteiger partial charge in [0.25, 0.3) is 0 Å². The number of nitrogen functional groups attached to an aromatic ring is 1. The van der Waals surface area contributed by atoms with E-state index in [-0.39, 0.29) is 0 Å². The Hall–Kier alpha value is -1.93. The Balaban J connectivity index is 1.69. The molecule has 0 unspecified atom stereocenters. The lowest BCUT2D eigenvalue weighted by Crippen LogP contribution is -2.02. The van der Waals surface area contributed by atoms with Crippen LogP contribution in [0.5, 0.6) is 0 Å². The lowest BCUT2D eigenvalue weighted by molar-refractivity contribution is 0.683. The smallest absolute Gasteiger partial charge is 0.0462 e. The third-order valence-electron chi connectivity index (χ3n) is 4.43. The predicted molar refractivity (Wildman–Crippen MR) is 95.6 cm³/mol. The number of hydrogen-bond acceptors (Lipinski definition) is 2. The van der Waals surface area contributed by atoms with Crippen molar-refractivity contribution < 1.29 is 0 Å². The molecule has 0 radical (unpaired) electrons. The number of rotatable bonds is 2. The highest BCUT2D eigenvalue weighted by atomic mass is 32.2. The topological polar surface area (TPSA) is 26.0 Å². The molecular weight excluding hydrogens is 286 g/mol. The molecule has 0 fully saturated rings. The Labute approximate surface area is 135 Å². The number of nitrogens with two attached hydrogens (primary N) is 1. The Morgan fingerprint density at radius 2 is 1.50 bits per heavy atom. The van der Waals surface area contributed by atoms with Crippen LogP contribution in [0.1, 0.15) is 24.0 Å². The van der Waals surface area contributed by atoms with Crippen LogP contribution in [0.2, 0.25) is 0 Å². The molecule has 1 nitrogen and oxygen atoms in total. The Morgan fingerprint density at radius 1 is 0.773 bits per heavy atom. The summed E-state index contributed by atoms with van der Waals surface area (Å²) < 4.78 is 0. The van der Waals surface area contributed by atoms with Gasteiger partial charge in [-0.2, -0.15) is 0 Å². The van der Waals surface area contributed by atoms with Gasteiger partial charge in [0, 0.05) is 15.5 Å². The molecule has 3 aromatic rings. The lowest BCUT2D eigenvalue weighted by atomic mass is 9.92. The molecule has 22 heavy (non-hydrogen) atoms. The SMILES string of the molecule is Nc1cc2ccccc2cc1Sc1ccc2c(c1)CCCC2. The summed E-state index contributed by atoms with van der Waals surface area (Å²) in [5.41, 5.74) is 10.2. The van der Waals surface area contributed by atoms with Crippen LogP contribution >= 0.6 is 11.8 Å². The van der Waals surface area contributed by atoms with Crippen LogP contribution in [-0.4, -0.2) is 0 Å². The Morgan fingerprint density at radius 3 is 2.32 bits per heavy atom. The van der Waals surface area contributed by atoms with Gasteiger partial charge in [0.2, 0.25) is 0 Å². The predicted octanol–water partition coefficient (Wildman–Crippen LogP) is 5.45. The molecule has 0 atom stereocenters. The van der Waals surface area contributed by atoms with Gasteiger partial charge in [-0.05, 0) is 71.8 Å². The summed E-state index contributed by atoms with van der Waals surface area (Å²) in [5.74, 6) is 0. The van der Waals surface area contributed by atoms with Crippen molar-refractivity contribution in [2.75, 3.05) is 5.73 Å².